The lowest BCUT2D eigenvalue weighted by atomic mass is 9.95. The third-order valence-electron chi connectivity index (χ3n) is 4.97. The molecule has 3 rings (SSSR count). The fourth-order valence-electron chi connectivity index (χ4n) is 3.48. The number of hydrogen-bond donors (Lipinski definition) is 0. The monoisotopic (exact) mass is 385 g/mol. The Morgan fingerprint density at radius 2 is 1.63 bits per heavy atom. The van der Waals surface area contributed by atoms with E-state index in [2.05, 4.69) is 0 Å². The predicted octanol–water partition coefficient (Wildman–Crippen LogP) is 4.70. The van der Waals surface area contributed by atoms with Crippen LogP contribution >= 0.6 is 7.60 Å². The van der Waals surface area contributed by atoms with E-state index in [4.69, 9.17) is 9.05 Å². The van der Waals surface area contributed by atoms with Gasteiger partial charge in [-0.2, -0.15) is 0 Å². The first-order valence-electron chi connectivity index (χ1n) is 8.82. The van der Waals surface area contributed by atoms with Gasteiger partial charge in [-0.3, -0.25) is 9.36 Å². The molecule has 0 aliphatic carbocycles. The van der Waals surface area contributed by atoms with Crippen molar-refractivity contribution in [2.45, 2.75) is 24.7 Å². The number of hydrogen-bond acceptors (Lipinski definition) is 4. The van der Waals surface area contributed by atoms with Crippen LogP contribution < -0.4 is 0 Å². The summed E-state index contributed by atoms with van der Waals surface area (Å²) in [5, 5.41) is -0.991. The van der Waals surface area contributed by atoms with E-state index in [0.717, 1.165) is 11.1 Å². The van der Waals surface area contributed by atoms with Crippen molar-refractivity contribution >= 4 is 19.6 Å². The molecule has 2 aromatic rings. The molecule has 1 amide bonds. The number of likely N-dealkylation sites (tertiary alicyclic amines) is 1. The van der Waals surface area contributed by atoms with E-state index < -0.39 is 12.9 Å². The number of β-lactam (4-membered cyclic amide) rings is 1. The minimum Gasteiger partial charge on any atom is -0.320 e. The second-order valence-electron chi connectivity index (χ2n) is 6.50. The van der Waals surface area contributed by atoms with Crippen molar-refractivity contribution in [2.24, 2.45) is 0 Å². The normalized spacial score (nSPS) is 20.1. The molecule has 1 unspecified atom stereocenters. The molecule has 27 heavy (non-hydrogen) atoms. The van der Waals surface area contributed by atoms with Crippen LogP contribution in [0, 0.1) is 0 Å². The molecule has 6 heteroatoms. The molecule has 0 bridgehead atoms. The van der Waals surface area contributed by atoms with Crippen molar-refractivity contribution in [3.8, 4) is 0 Å². The number of rotatable bonds is 8. The number of benzene rings is 2. The maximum atomic E-state index is 13.4. The molecular weight excluding hydrogens is 361 g/mol. The highest BCUT2D eigenvalue weighted by molar-refractivity contribution is 7.55. The van der Waals surface area contributed by atoms with Crippen LogP contribution in [0.1, 0.15) is 24.0 Å². The first-order chi connectivity index (χ1) is 13.0. The summed E-state index contributed by atoms with van der Waals surface area (Å²) in [6, 6.07) is 19.5. The Morgan fingerprint density at radius 3 is 2.19 bits per heavy atom. The van der Waals surface area contributed by atoms with Gasteiger partial charge in [-0.05, 0) is 11.1 Å². The van der Waals surface area contributed by atoms with Gasteiger partial charge in [0.2, 0.25) is 5.91 Å². The zero-order valence-corrected chi connectivity index (χ0v) is 16.5. The molecule has 142 valence electrons. The minimum absolute atomic E-state index is 0.0544. The van der Waals surface area contributed by atoms with Gasteiger partial charge >= 0.3 is 7.60 Å². The Morgan fingerprint density at radius 1 is 1.04 bits per heavy atom. The van der Waals surface area contributed by atoms with Crippen LogP contribution in [0.2, 0.25) is 0 Å². The Bertz CT molecular complexity index is 845. The first kappa shape index (κ1) is 19.6. The summed E-state index contributed by atoms with van der Waals surface area (Å²) >= 11 is 0. The van der Waals surface area contributed by atoms with E-state index >= 15 is 0 Å². The average Bonchev–Trinajstić information content (AvgIpc) is 2.72. The van der Waals surface area contributed by atoms with Crippen LogP contribution in [-0.4, -0.2) is 30.3 Å². The molecule has 1 saturated heterocycles. The predicted molar refractivity (Wildman–Crippen MR) is 106 cm³/mol. The number of amides is 1. The molecule has 5 nitrogen and oxygen atoms in total. The van der Waals surface area contributed by atoms with Crippen molar-refractivity contribution in [3.05, 3.63) is 77.9 Å². The summed E-state index contributed by atoms with van der Waals surface area (Å²) in [5.41, 5.74) is 2.01. The lowest BCUT2D eigenvalue weighted by Gasteiger charge is -2.53. The van der Waals surface area contributed by atoms with Gasteiger partial charge in [0.05, 0.1) is 6.42 Å². The summed E-state index contributed by atoms with van der Waals surface area (Å²) in [7, 11) is -0.771. The highest BCUT2D eigenvalue weighted by atomic mass is 31.2. The van der Waals surface area contributed by atoms with Crippen molar-refractivity contribution in [1.29, 1.82) is 0 Å². The van der Waals surface area contributed by atoms with Gasteiger partial charge in [-0.15, -0.1) is 0 Å². The van der Waals surface area contributed by atoms with Gasteiger partial charge in [-0.25, -0.2) is 0 Å². The molecule has 1 heterocycles. The van der Waals surface area contributed by atoms with Crippen LogP contribution in [0.25, 0.3) is 6.08 Å². The number of nitrogens with zero attached hydrogens (tertiary/aromatic N) is 1. The van der Waals surface area contributed by atoms with E-state index in [1.165, 1.54) is 14.2 Å². The Kier molecular flexibility index (Phi) is 5.95. The smallest absolute Gasteiger partial charge is 0.320 e. The summed E-state index contributed by atoms with van der Waals surface area (Å²) < 4.78 is 24.0. The quantitative estimate of drug-likeness (QED) is 0.488. The Hall–Kier alpha value is -2.20. The average molecular weight is 385 g/mol. The second kappa shape index (κ2) is 8.22. The number of carbonyl (C=O) groups is 1. The molecule has 0 N–H and O–H groups in total. The van der Waals surface area contributed by atoms with Crippen molar-refractivity contribution < 1.29 is 18.4 Å². The van der Waals surface area contributed by atoms with Crippen LogP contribution in [0.3, 0.4) is 0 Å². The first-order valence-corrected chi connectivity index (χ1v) is 10.4. The van der Waals surface area contributed by atoms with E-state index in [1.54, 1.807) is 4.90 Å². The van der Waals surface area contributed by atoms with E-state index in [-0.39, 0.29) is 12.3 Å². The third-order valence-corrected chi connectivity index (χ3v) is 7.53. The van der Waals surface area contributed by atoms with Crippen LogP contribution in [0.4, 0.5) is 0 Å². The summed E-state index contributed by atoms with van der Waals surface area (Å²) in [5.74, 6) is -0.0544. The zero-order valence-electron chi connectivity index (χ0n) is 15.6. The summed E-state index contributed by atoms with van der Waals surface area (Å²) in [6.07, 6.45) is 4.42. The molecule has 0 spiro atoms. The largest absolute Gasteiger partial charge is 0.356 e. The molecule has 0 radical (unpaired) electrons. The van der Waals surface area contributed by atoms with E-state index in [9.17, 15) is 9.36 Å². The minimum atomic E-state index is -3.51. The SMILES string of the molecule is COP(=O)(OC)C1(C/C=C/c2ccccc2)CC(=O)N1Cc1ccccc1. The van der Waals surface area contributed by atoms with Gasteiger partial charge < -0.3 is 13.9 Å². The molecular formula is C21H24NO4P. The van der Waals surface area contributed by atoms with Crippen LogP contribution in [0.5, 0.6) is 0 Å². The van der Waals surface area contributed by atoms with Gasteiger partial charge in [0.25, 0.3) is 0 Å². The third kappa shape index (κ3) is 3.77. The van der Waals surface area contributed by atoms with Gasteiger partial charge in [0.15, 0.2) is 5.28 Å². The van der Waals surface area contributed by atoms with Crippen LogP contribution in [0.15, 0.2) is 66.7 Å². The van der Waals surface area contributed by atoms with Crippen LogP contribution in [-0.2, 0) is 25.0 Å². The number of carbonyl (C=O) groups excluding carboxylic acids is 1. The lowest BCUT2D eigenvalue weighted by molar-refractivity contribution is -0.152. The second-order valence-corrected chi connectivity index (χ2v) is 9.06. The Labute approximate surface area is 160 Å². The highest BCUT2D eigenvalue weighted by Crippen LogP contribution is 2.67. The topological polar surface area (TPSA) is 55.8 Å². The molecule has 0 aromatic heterocycles. The van der Waals surface area contributed by atoms with Crippen molar-refractivity contribution in [3.63, 3.8) is 0 Å². The van der Waals surface area contributed by atoms with Crippen molar-refractivity contribution in [2.75, 3.05) is 14.2 Å². The van der Waals surface area contributed by atoms with Gasteiger partial charge in [0, 0.05) is 27.2 Å². The molecule has 0 saturated carbocycles. The maximum Gasteiger partial charge on any atom is 0.356 e. The summed E-state index contributed by atoms with van der Waals surface area (Å²) in [4.78, 5) is 14.1. The van der Waals surface area contributed by atoms with Gasteiger partial charge in [0.1, 0.15) is 0 Å². The zero-order chi connectivity index (χ0) is 19.3. The van der Waals surface area contributed by atoms with Gasteiger partial charge in [-0.1, -0.05) is 72.8 Å². The maximum absolute atomic E-state index is 13.4. The Balaban J connectivity index is 1.89. The molecule has 1 fully saturated rings. The lowest BCUT2D eigenvalue weighted by Crippen LogP contribution is -2.62. The molecule has 1 aliphatic heterocycles. The summed E-state index contributed by atoms with van der Waals surface area (Å²) in [6.45, 7) is 0.371. The van der Waals surface area contributed by atoms with E-state index in [0.29, 0.717) is 13.0 Å². The fraction of sp³-hybridized carbons (Fsp3) is 0.286. The molecule has 1 aliphatic rings. The van der Waals surface area contributed by atoms with Crippen molar-refractivity contribution in [1.82, 2.24) is 4.90 Å². The standard InChI is InChI=1S/C21H24NO4P/c1-25-27(24,26-2)21(15-9-14-18-10-5-3-6-11-18)16-20(23)22(21)17-19-12-7-4-8-13-19/h3-14H,15-17H2,1-2H3/b14-9+. The van der Waals surface area contributed by atoms with E-state index in [1.807, 2.05) is 72.8 Å². The molecule has 2 aromatic carbocycles. The highest BCUT2D eigenvalue weighted by Gasteiger charge is 2.63. The molecule has 1 atom stereocenters. The fourth-order valence-corrected chi connectivity index (χ4v) is 5.44.